The van der Waals surface area contributed by atoms with Gasteiger partial charge in [-0.05, 0) is 12.1 Å². The topological polar surface area (TPSA) is 98.6 Å². The predicted octanol–water partition coefficient (Wildman–Crippen LogP) is 1.33. The number of benzene rings is 1. The Bertz CT molecular complexity index is 729. The van der Waals surface area contributed by atoms with Crippen LogP contribution in [-0.2, 0) is 6.61 Å². The number of rotatable bonds is 4. The van der Waals surface area contributed by atoms with Crippen LogP contribution >= 0.6 is 0 Å². The van der Waals surface area contributed by atoms with E-state index in [0.717, 1.165) is 0 Å². The normalized spacial score (nSPS) is 12.7. The molecule has 1 N–H and O–H groups in total. The van der Waals surface area contributed by atoms with Crippen molar-refractivity contribution >= 4 is 11.8 Å². The minimum absolute atomic E-state index is 0.00918. The van der Waals surface area contributed by atoms with Crippen LogP contribution in [0.15, 0.2) is 30.7 Å². The third-order valence-corrected chi connectivity index (χ3v) is 3.01. The number of fused-ring (bicyclic) bond motifs is 1. The fraction of sp³-hybridized carbons (Fsp3) is 0.143. The fourth-order valence-electron chi connectivity index (χ4n) is 1.96. The van der Waals surface area contributed by atoms with E-state index in [1.54, 1.807) is 18.2 Å². The number of hydrogen-bond donors (Lipinski definition) is 1. The summed E-state index contributed by atoms with van der Waals surface area (Å²) in [5.74, 6) is -0.241. The highest BCUT2D eigenvalue weighted by Gasteiger charge is 2.21. The summed E-state index contributed by atoms with van der Waals surface area (Å²) in [6.07, 6.45) is 2.48. The van der Waals surface area contributed by atoms with Crippen molar-refractivity contribution in [3.8, 4) is 11.5 Å². The van der Waals surface area contributed by atoms with Crippen molar-refractivity contribution in [3.63, 3.8) is 0 Å². The van der Waals surface area contributed by atoms with Crippen LogP contribution in [0.3, 0.4) is 0 Å². The van der Waals surface area contributed by atoms with Crippen LogP contribution in [0.1, 0.15) is 26.4 Å². The van der Waals surface area contributed by atoms with Crippen LogP contribution < -0.4 is 9.47 Å². The SMILES string of the molecule is O=C1COc2cc(OCc3ncncc3C(=O)O)ccc21. The summed E-state index contributed by atoms with van der Waals surface area (Å²) < 4.78 is 10.7. The summed E-state index contributed by atoms with van der Waals surface area (Å²) in [5.41, 5.74) is 0.788. The Morgan fingerprint density at radius 2 is 2.29 bits per heavy atom. The summed E-state index contributed by atoms with van der Waals surface area (Å²) in [6, 6.07) is 4.85. The zero-order chi connectivity index (χ0) is 14.8. The lowest BCUT2D eigenvalue weighted by atomic mass is 10.1. The molecular formula is C14H10N2O5. The zero-order valence-electron chi connectivity index (χ0n) is 10.8. The van der Waals surface area contributed by atoms with Gasteiger partial charge >= 0.3 is 5.97 Å². The van der Waals surface area contributed by atoms with Crippen LogP contribution in [-0.4, -0.2) is 33.4 Å². The maximum atomic E-state index is 11.4. The molecule has 0 saturated carbocycles. The van der Waals surface area contributed by atoms with Crippen LogP contribution in [0, 0.1) is 0 Å². The number of aromatic nitrogens is 2. The number of carboxylic acids is 1. The van der Waals surface area contributed by atoms with Gasteiger partial charge in [0, 0.05) is 12.3 Å². The van der Waals surface area contributed by atoms with Gasteiger partial charge in [0.15, 0.2) is 6.61 Å². The van der Waals surface area contributed by atoms with Crippen molar-refractivity contribution in [2.24, 2.45) is 0 Å². The minimum atomic E-state index is -1.11. The van der Waals surface area contributed by atoms with Gasteiger partial charge < -0.3 is 14.6 Å². The molecule has 0 spiro atoms. The van der Waals surface area contributed by atoms with Crippen molar-refractivity contribution in [3.05, 3.63) is 47.5 Å². The van der Waals surface area contributed by atoms with Crippen LogP contribution in [0.2, 0.25) is 0 Å². The van der Waals surface area contributed by atoms with Gasteiger partial charge in [0.2, 0.25) is 5.78 Å². The lowest BCUT2D eigenvalue weighted by Gasteiger charge is -2.08. The molecular weight excluding hydrogens is 276 g/mol. The number of carbonyl (C=O) groups is 2. The first kappa shape index (κ1) is 13.0. The van der Waals surface area contributed by atoms with E-state index < -0.39 is 5.97 Å². The Morgan fingerprint density at radius 3 is 3.10 bits per heavy atom. The third kappa shape index (κ3) is 2.53. The second kappa shape index (κ2) is 5.20. The first-order valence-electron chi connectivity index (χ1n) is 6.10. The molecule has 0 unspecified atom stereocenters. The second-order valence-electron chi connectivity index (χ2n) is 4.35. The summed E-state index contributed by atoms with van der Waals surface area (Å²) in [6.45, 7) is 0.0186. The smallest absolute Gasteiger partial charge is 0.339 e. The van der Waals surface area contributed by atoms with E-state index in [2.05, 4.69) is 9.97 Å². The average molecular weight is 286 g/mol. The molecule has 0 aliphatic carbocycles. The summed E-state index contributed by atoms with van der Waals surface area (Å²) in [5, 5.41) is 9.03. The van der Waals surface area contributed by atoms with Crippen LogP contribution in [0.4, 0.5) is 0 Å². The van der Waals surface area contributed by atoms with E-state index in [-0.39, 0.29) is 30.3 Å². The molecule has 1 aromatic carbocycles. The summed E-state index contributed by atoms with van der Waals surface area (Å²) in [7, 11) is 0. The standard InChI is InChI=1S/C14H10N2O5/c17-12-6-21-13-3-8(1-2-9(12)13)20-5-11-10(14(18)19)4-15-7-16-11/h1-4,7H,5-6H2,(H,18,19). The van der Waals surface area contributed by atoms with Gasteiger partial charge in [0.1, 0.15) is 30.0 Å². The quantitative estimate of drug-likeness (QED) is 0.905. The number of ketones is 1. The first-order chi connectivity index (χ1) is 10.1. The summed E-state index contributed by atoms with van der Waals surface area (Å²) >= 11 is 0. The Hall–Kier alpha value is -2.96. The van der Waals surface area contributed by atoms with Gasteiger partial charge in [-0.25, -0.2) is 14.8 Å². The van der Waals surface area contributed by atoms with Gasteiger partial charge in [-0.1, -0.05) is 0 Å². The second-order valence-corrected chi connectivity index (χ2v) is 4.35. The zero-order valence-corrected chi connectivity index (χ0v) is 10.8. The number of ether oxygens (including phenoxy) is 2. The number of hydrogen-bond acceptors (Lipinski definition) is 6. The van der Waals surface area contributed by atoms with Crippen molar-refractivity contribution in [1.29, 1.82) is 0 Å². The maximum Gasteiger partial charge on any atom is 0.339 e. The molecule has 2 aromatic rings. The number of carbonyl (C=O) groups excluding carboxylic acids is 1. The van der Waals surface area contributed by atoms with E-state index in [1.165, 1.54) is 12.5 Å². The molecule has 0 amide bonds. The maximum absolute atomic E-state index is 11.4. The van der Waals surface area contributed by atoms with Crippen molar-refractivity contribution in [2.75, 3.05) is 6.61 Å². The van der Waals surface area contributed by atoms with E-state index in [4.69, 9.17) is 14.6 Å². The third-order valence-electron chi connectivity index (χ3n) is 3.01. The molecule has 0 fully saturated rings. The van der Waals surface area contributed by atoms with Crippen molar-refractivity contribution in [1.82, 2.24) is 9.97 Å². The average Bonchev–Trinajstić information content (AvgIpc) is 2.86. The monoisotopic (exact) mass is 286 g/mol. The Morgan fingerprint density at radius 1 is 1.43 bits per heavy atom. The van der Waals surface area contributed by atoms with Gasteiger partial charge in [0.25, 0.3) is 0 Å². The number of aromatic carboxylic acids is 1. The molecule has 1 aliphatic heterocycles. The lowest BCUT2D eigenvalue weighted by Crippen LogP contribution is -2.08. The molecule has 0 radical (unpaired) electrons. The van der Waals surface area contributed by atoms with Gasteiger partial charge in [-0.2, -0.15) is 0 Å². The van der Waals surface area contributed by atoms with E-state index >= 15 is 0 Å². The fourth-order valence-corrected chi connectivity index (χ4v) is 1.96. The van der Waals surface area contributed by atoms with Gasteiger partial charge in [0.05, 0.1) is 11.3 Å². The van der Waals surface area contributed by atoms with Crippen molar-refractivity contribution < 1.29 is 24.2 Å². The molecule has 0 bridgehead atoms. The molecule has 1 aromatic heterocycles. The van der Waals surface area contributed by atoms with Crippen molar-refractivity contribution in [2.45, 2.75) is 6.61 Å². The molecule has 7 heteroatoms. The largest absolute Gasteiger partial charge is 0.487 e. The number of Topliss-reactive ketones (excluding diaryl/α,β-unsaturated/α-hetero) is 1. The van der Waals surface area contributed by atoms with Gasteiger partial charge in [-0.15, -0.1) is 0 Å². The Labute approximate surface area is 119 Å². The molecule has 0 atom stereocenters. The molecule has 106 valence electrons. The number of carboxylic acid groups (broad SMARTS) is 1. The molecule has 3 rings (SSSR count). The van der Waals surface area contributed by atoms with E-state index in [1.807, 2.05) is 0 Å². The highest BCUT2D eigenvalue weighted by molar-refractivity contribution is 6.02. The van der Waals surface area contributed by atoms with E-state index in [9.17, 15) is 9.59 Å². The molecule has 21 heavy (non-hydrogen) atoms. The molecule has 2 heterocycles. The number of nitrogens with zero attached hydrogens (tertiary/aromatic N) is 2. The van der Waals surface area contributed by atoms with E-state index in [0.29, 0.717) is 17.1 Å². The highest BCUT2D eigenvalue weighted by atomic mass is 16.5. The van der Waals surface area contributed by atoms with Crippen LogP contribution in [0.5, 0.6) is 11.5 Å². The first-order valence-corrected chi connectivity index (χ1v) is 6.10. The van der Waals surface area contributed by atoms with Gasteiger partial charge in [-0.3, -0.25) is 4.79 Å². The predicted molar refractivity (Wildman–Crippen MR) is 69.6 cm³/mol. The molecule has 1 aliphatic rings. The summed E-state index contributed by atoms with van der Waals surface area (Å²) in [4.78, 5) is 30.0. The molecule has 0 saturated heterocycles. The Kier molecular flexibility index (Phi) is 3.23. The Balaban J connectivity index is 1.77. The lowest BCUT2D eigenvalue weighted by molar-refractivity contribution is 0.0692. The minimum Gasteiger partial charge on any atom is -0.487 e. The van der Waals surface area contributed by atoms with Crippen LogP contribution in [0.25, 0.3) is 0 Å². The highest BCUT2D eigenvalue weighted by Crippen LogP contribution is 2.29. The molecule has 7 nitrogen and oxygen atoms in total.